The third kappa shape index (κ3) is 3.06. The van der Waals surface area contributed by atoms with Crippen LogP contribution >= 0.6 is 0 Å². The van der Waals surface area contributed by atoms with Crippen LogP contribution in [0.5, 0.6) is 0 Å². The molecule has 0 saturated carbocycles. The highest BCUT2D eigenvalue weighted by Gasteiger charge is 2.32. The Hall–Kier alpha value is -0.860. The monoisotopic (exact) mass is 221 g/mol. The quantitative estimate of drug-likeness (QED) is 0.801. The Morgan fingerprint density at radius 3 is 2.12 bits per heavy atom. The van der Waals surface area contributed by atoms with E-state index in [0.29, 0.717) is 12.6 Å². The van der Waals surface area contributed by atoms with Crippen molar-refractivity contribution in [3.63, 3.8) is 0 Å². The summed E-state index contributed by atoms with van der Waals surface area (Å²) in [5.74, 6) is 0.182. The van der Waals surface area contributed by atoms with Crippen molar-refractivity contribution < 1.29 is 5.11 Å². The summed E-state index contributed by atoms with van der Waals surface area (Å²) in [6, 6.07) is 10.3. The van der Waals surface area contributed by atoms with E-state index in [1.54, 1.807) is 0 Å². The summed E-state index contributed by atoms with van der Waals surface area (Å²) in [5, 5.41) is 14.1. The molecule has 0 amide bonds. The van der Waals surface area contributed by atoms with Crippen LogP contribution in [0.3, 0.4) is 0 Å². The lowest BCUT2D eigenvalue weighted by Gasteiger charge is -2.34. The van der Waals surface area contributed by atoms with E-state index in [-0.39, 0.29) is 5.92 Å². The van der Waals surface area contributed by atoms with Crippen LogP contribution in [0.15, 0.2) is 30.3 Å². The molecule has 0 aromatic heterocycles. The lowest BCUT2D eigenvalue weighted by molar-refractivity contribution is -0.0107. The molecule has 0 aliphatic heterocycles. The minimum atomic E-state index is -0.786. The fraction of sp³-hybridized carbons (Fsp3) is 0.571. The summed E-state index contributed by atoms with van der Waals surface area (Å²) in [5.41, 5.74) is 0.198. The Balaban J connectivity index is 2.89. The van der Waals surface area contributed by atoms with Crippen LogP contribution in [0, 0.1) is 5.92 Å². The van der Waals surface area contributed by atoms with Crippen molar-refractivity contribution in [3.05, 3.63) is 35.9 Å². The smallest absolute Gasteiger partial charge is 0.104 e. The number of benzene rings is 1. The third-order valence-electron chi connectivity index (χ3n) is 3.01. The van der Waals surface area contributed by atoms with Gasteiger partial charge in [-0.15, -0.1) is 0 Å². The average Bonchev–Trinajstić information content (AvgIpc) is 2.26. The fourth-order valence-electron chi connectivity index (χ4n) is 1.73. The first kappa shape index (κ1) is 13.2. The van der Waals surface area contributed by atoms with E-state index in [2.05, 4.69) is 33.0 Å². The molecule has 0 saturated heterocycles. The Labute approximate surface area is 98.7 Å². The maximum atomic E-state index is 10.7. The van der Waals surface area contributed by atoms with Crippen LogP contribution in [0.4, 0.5) is 0 Å². The molecule has 0 heterocycles. The predicted molar refractivity (Wildman–Crippen MR) is 68.3 cm³/mol. The third-order valence-corrected chi connectivity index (χ3v) is 3.01. The SMILES string of the molecule is CC(C)NCC(O)(c1ccccc1)C(C)C. The van der Waals surface area contributed by atoms with Gasteiger partial charge >= 0.3 is 0 Å². The molecule has 0 radical (unpaired) electrons. The molecule has 1 aromatic carbocycles. The van der Waals surface area contributed by atoms with Crippen molar-refractivity contribution in [2.24, 2.45) is 5.92 Å². The van der Waals surface area contributed by atoms with E-state index < -0.39 is 5.60 Å². The fourth-order valence-corrected chi connectivity index (χ4v) is 1.73. The van der Waals surface area contributed by atoms with E-state index in [9.17, 15) is 5.11 Å². The predicted octanol–water partition coefficient (Wildman–Crippen LogP) is 2.53. The van der Waals surface area contributed by atoms with Gasteiger partial charge < -0.3 is 10.4 Å². The van der Waals surface area contributed by atoms with Crippen molar-refractivity contribution in [2.45, 2.75) is 39.3 Å². The van der Waals surface area contributed by atoms with Crippen molar-refractivity contribution in [1.29, 1.82) is 0 Å². The molecule has 0 bridgehead atoms. The Bertz CT molecular complexity index is 308. The van der Waals surface area contributed by atoms with Gasteiger partial charge in [-0.05, 0) is 11.5 Å². The van der Waals surface area contributed by atoms with Crippen LogP contribution in [0.2, 0.25) is 0 Å². The zero-order chi connectivity index (χ0) is 12.2. The lowest BCUT2D eigenvalue weighted by Crippen LogP contribution is -2.44. The molecule has 1 rings (SSSR count). The zero-order valence-corrected chi connectivity index (χ0v) is 10.7. The minimum Gasteiger partial charge on any atom is -0.384 e. The van der Waals surface area contributed by atoms with E-state index in [1.807, 2.05) is 30.3 Å². The van der Waals surface area contributed by atoms with Gasteiger partial charge in [-0.1, -0.05) is 58.0 Å². The molecule has 0 fully saturated rings. The van der Waals surface area contributed by atoms with Crippen molar-refractivity contribution >= 4 is 0 Å². The number of aliphatic hydroxyl groups is 1. The van der Waals surface area contributed by atoms with Gasteiger partial charge in [0.1, 0.15) is 5.60 Å². The molecule has 0 aliphatic carbocycles. The van der Waals surface area contributed by atoms with Gasteiger partial charge in [-0.2, -0.15) is 0 Å². The molecule has 16 heavy (non-hydrogen) atoms. The number of hydrogen-bond acceptors (Lipinski definition) is 2. The minimum absolute atomic E-state index is 0.182. The van der Waals surface area contributed by atoms with Gasteiger partial charge in [0, 0.05) is 12.6 Å². The van der Waals surface area contributed by atoms with Gasteiger partial charge in [0.2, 0.25) is 0 Å². The summed E-state index contributed by atoms with van der Waals surface area (Å²) in [7, 11) is 0. The highest BCUT2D eigenvalue weighted by Crippen LogP contribution is 2.28. The standard InChI is InChI=1S/C14H23NO/c1-11(2)14(16,10-15-12(3)4)13-8-6-5-7-9-13/h5-9,11-12,15-16H,10H2,1-4H3. The summed E-state index contributed by atoms with van der Waals surface area (Å²) >= 11 is 0. The zero-order valence-electron chi connectivity index (χ0n) is 10.7. The van der Waals surface area contributed by atoms with E-state index in [4.69, 9.17) is 0 Å². The topological polar surface area (TPSA) is 32.3 Å². The van der Waals surface area contributed by atoms with Gasteiger partial charge in [-0.25, -0.2) is 0 Å². The van der Waals surface area contributed by atoms with Crippen molar-refractivity contribution in [2.75, 3.05) is 6.54 Å². The first-order chi connectivity index (χ1) is 7.47. The van der Waals surface area contributed by atoms with Crippen molar-refractivity contribution in [1.82, 2.24) is 5.32 Å². The number of hydrogen-bond donors (Lipinski definition) is 2. The Kier molecular flexibility index (Phi) is 4.51. The number of nitrogens with one attached hydrogen (secondary N) is 1. The molecule has 1 aromatic rings. The van der Waals surface area contributed by atoms with Crippen LogP contribution in [-0.2, 0) is 5.60 Å². The summed E-state index contributed by atoms with van der Waals surface area (Å²) in [4.78, 5) is 0. The second-order valence-corrected chi connectivity index (χ2v) is 4.98. The molecule has 0 aliphatic rings. The average molecular weight is 221 g/mol. The van der Waals surface area contributed by atoms with E-state index in [0.717, 1.165) is 5.56 Å². The molecule has 90 valence electrons. The Morgan fingerprint density at radius 1 is 1.12 bits per heavy atom. The second-order valence-electron chi connectivity index (χ2n) is 4.98. The van der Waals surface area contributed by atoms with Crippen LogP contribution < -0.4 is 5.32 Å². The first-order valence-corrected chi connectivity index (χ1v) is 5.98. The first-order valence-electron chi connectivity index (χ1n) is 5.98. The number of rotatable bonds is 5. The van der Waals surface area contributed by atoms with Gasteiger partial charge in [0.15, 0.2) is 0 Å². The molecule has 1 unspecified atom stereocenters. The lowest BCUT2D eigenvalue weighted by atomic mass is 9.83. The van der Waals surface area contributed by atoms with E-state index >= 15 is 0 Å². The highest BCUT2D eigenvalue weighted by atomic mass is 16.3. The molecular formula is C14H23NO. The van der Waals surface area contributed by atoms with Crippen molar-refractivity contribution in [3.8, 4) is 0 Å². The molecule has 1 atom stereocenters. The second kappa shape index (κ2) is 5.46. The highest BCUT2D eigenvalue weighted by molar-refractivity contribution is 5.23. The molecular weight excluding hydrogens is 198 g/mol. The maximum Gasteiger partial charge on any atom is 0.104 e. The van der Waals surface area contributed by atoms with Gasteiger partial charge in [-0.3, -0.25) is 0 Å². The maximum absolute atomic E-state index is 10.7. The molecule has 2 heteroatoms. The summed E-state index contributed by atoms with van der Waals surface area (Å²) < 4.78 is 0. The van der Waals surface area contributed by atoms with Crippen LogP contribution in [0.1, 0.15) is 33.3 Å². The summed E-state index contributed by atoms with van der Waals surface area (Å²) in [6.45, 7) is 8.87. The molecule has 0 spiro atoms. The van der Waals surface area contributed by atoms with Gasteiger partial charge in [0.25, 0.3) is 0 Å². The van der Waals surface area contributed by atoms with Crippen LogP contribution in [-0.4, -0.2) is 17.7 Å². The van der Waals surface area contributed by atoms with Gasteiger partial charge in [0.05, 0.1) is 0 Å². The normalized spacial score (nSPS) is 15.4. The van der Waals surface area contributed by atoms with Crippen LogP contribution in [0.25, 0.3) is 0 Å². The summed E-state index contributed by atoms with van der Waals surface area (Å²) in [6.07, 6.45) is 0. The largest absolute Gasteiger partial charge is 0.384 e. The Morgan fingerprint density at radius 2 is 1.69 bits per heavy atom. The van der Waals surface area contributed by atoms with E-state index in [1.165, 1.54) is 0 Å². The molecule has 2 nitrogen and oxygen atoms in total. The molecule has 2 N–H and O–H groups in total.